The Morgan fingerprint density at radius 1 is 1.33 bits per heavy atom. The molecular formula is C13H14F2N2S. The van der Waals surface area contributed by atoms with Gasteiger partial charge in [0.1, 0.15) is 11.6 Å². The first-order valence-corrected chi connectivity index (χ1v) is 6.42. The monoisotopic (exact) mass is 268 g/mol. The van der Waals surface area contributed by atoms with Gasteiger partial charge in [0.25, 0.3) is 0 Å². The maximum atomic E-state index is 13.5. The van der Waals surface area contributed by atoms with E-state index in [0.717, 1.165) is 27.7 Å². The molecule has 0 spiro atoms. The van der Waals surface area contributed by atoms with Crippen LogP contribution in [0.15, 0.2) is 18.2 Å². The summed E-state index contributed by atoms with van der Waals surface area (Å²) >= 11 is 1.50. The Kier molecular flexibility index (Phi) is 3.73. The molecule has 0 radical (unpaired) electrons. The third-order valence-corrected chi connectivity index (χ3v) is 3.93. The molecule has 2 rings (SSSR count). The second-order valence-electron chi connectivity index (χ2n) is 4.23. The average Bonchev–Trinajstić information content (AvgIpc) is 2.63. The summed E-state index contributed by atoms with van der Waals surface area (Å²) in [7, 11) is 0. The lowest BCUT2D eigenvalue weighted by molar-refractivity contribution is 0.573. The number of hydrogen-bond acceptors (Lipinski definition) is 3. The first-order chi connectivity index (χ1) is 8.47. The maximum absolute atomic E-state index is 13.5. The van der Waals surface area contributed by atoms with Gasteiger partial charge >= 0.3 is 0 Å². The molecule has 1 heterocycles. The van der Waals surface area contributed by atoms with E-state index in [2.05, 4.69) is 4.98 Å². The summed E-state index contributed by atoms with van der Waals surface area (Å²) in [6, 6.07) is 3.07. The summed E-state index contributed by atoms with van der Waals surface area (Å²) in [6.07, 6.45) is 0.270. The zero-order valence-electron chi connectivity index (χ0n) is 10.2. The van der Waals surface area contributed by atoms with Crippen molar-refractivity contribution in [3.05, 3.63) is 51.0 Å². The summed E-state index contributed by atoms with van der Waals surface area (Å²) in [5.74, 6) is -0.874. The van der Waals surface area contributed by atoms with Gasteiger partial charge in [0.15, 0.2) is 0 Å². The highest BCUT2D eigenvalue weighted by Gasteiger charge is 2.16. The molecule has 2 N–H and O–H groups in total. The van der Waals surface area contributed by atoms with Gasteiger partial charge in [0.05, 0.1) is 10.7 Å². The molecule has 0 aliphatic carbocycles. The molecule has 0 amide bonds. The number of hydrogen-bond donors (Lipinski definition) is 1. The number of nitrogens with two attached hydrogens (primary N) is 1. The standard InChI is InChI=1S/C13H14F2N2S/c1-7-13(18-8(2)17-7)12(16)6-9-5-10(14)3-4-11(9)15/h3-5,12H,6,16H2,1-2H3. The van der Waals surface area contributed by atoms with Crippen LogP contribution in [0, 0.1) is 25.5 Å². The van der Waals surface area contributed by atoms with Gasteiger partial charge in [-0.05, 0) is 44.0 Å². The van der Waals surface area contributed by atoms with Crippen LogP contribution >= 0.6 is 11.3 Å². The summed E-state index contributed by atoms with van der Waals surface area (Å²) < 4.78 is 26.6. The molecule has 2 aromatic rings. The Hall–Kier alpha value is -1.33. The molecule has 5 heteroatoms. The van der Waals surface area contributed by atoms with Crippen molar-refractivity contribution in [1.82, 2.24) is 4.98 Å². The molecular weight excluding hydrogens is 254 g/mol. The smallest absolute Gasteiger partial charge is 0.126 e. The SMILES string of the molecule is Cc1nc(C)c(C(N)Cc2cc(F)ccc2F)s1. The van der Waals surface area contributed by atoms with Gasteiger partial charge < -0.3 is 5.73 Å². The van der Waals surface area contributed by atoms with Gasteiger partial charge in [-0.15, -0.1) is 11.3 Å². The minimum Gasteiger partial charge on any atom is -0.323 e. The van der Waals surface area contributed by atoms with E-state index in [1.165, 1.54) is 17.4 Å². The number of nitrogens with zero attached hydrogens (tertiary/aromatic N) is 1. The van der Waals surface area contributed by atoms with Crippen molar-refractivity contribution in [3.8, 4) is 0 Å². The number of halogens is 2. The number of thiazole rings is 1. The molecule has 0 aliphatic heterocycles. The van der Waals surface area contributed by atoms with E-state index < -0.39 is 11.6 Å². The molecule has 96 valence electrons. The van der Waals surface area contributed by atoms with Crippen LogP contribution in [0.3, 0.4) is 0 Å². The highest BCUT2D eigenvalue weighted by Crippen LogP contribution is 2.26. The minimum absolute atomic E-state index is 0.270. The number of rotatable bonds is 3. The van der Waals surface area contributed by atoms with E-state index in [9.17, 15) is 8.78 Å². The Morgan fingerprint density at radius 2 is 2.06 bits per heavy atom. The van der Waals surface area contributed by atoms with Crippen LogP contribution in [0.2, 0.25) is 0 Å². The molecule has 18 heavy (non-hydrogen) atoms. The number of aryl methyl sites for hydroxylation is 2. The average molecular weight is 268 g/mol. The predicted molar refractivity (Wildman–Crippen MR) is 68.6 cm³/mol. The molecule has 1 aromatic carbocycles. The van der Waals surface area contributed by atoms with Gasteiger partial charge in [-0.3, -0.25) is 0 Å². The van der Waals surface area contributed by atoms with Crippen LogP contribution in [0.4, 0.5) is 8.78 Å². The lowest BCUT2D eigenvalue weighted by atomic mass is 10.0. The van der Waals surface area contributed by atoms with Crippen molar-refractivity contribution in [2.24, 2.45) is 5.73 Å². The quantitative estimate of drug-likeness (QED) is 0.927. The van der Waals surface area contributed by atoms with Crippen LogP contribution in [0.1, 0.15) is 27.2 Å². The first-order valence-electron chi connectivity index (χ1n) is 5.61. The van der Waals surface area contributed by atoms with E-state index in [4.69, 9.17) is 5.73 Å². The lowest BCUT2D eigenvalue weighted by Gasteiger charge is -2.11. The van der Waals surface area contributed by atoms with Crippen molar-refractivity contribution >= 4 is 11.3 Å². The third-order valence-electron chi connectivity index (χ3n) is 2.72. The van der Waals surface area contributed by atoms with E-state index >= 15 is 0 Å². The first kappa shape index (κ1) is 13.1. The van der Waals surface area contributed by atoms with Crippen molar-refractivity contribution in [2.75, 3.05) is 0 Å². The molecule has 0 fully saturated rings. The Labute approximate surface area is 108 Å². The molecule has 0 saturated carbocycles. The van der Waals surface area contributed by atoms with E-state index in [0.29, 0.717) is 5.56 Å². The van der Waals surface area contributed by atoms with Gasteiger partial charge in [-0.25, -0.2) is 13.8 Å². The number of aromatic nitrogens is 1. The highest BCUT2D eigenvalue weighted by atomic mass is 32.1. The van der Waals surface area contributed by atoms with Gasteiger partial charge in [0.2, 0.25) is 0 Å². The van der Waals surface area contributed by atoms with Crippen LogP contribution in [-0.2, 0) is 6.42 Å². The van der Waals surface area contributed by atoms with Crippen LogP contribution in [0.5, 0.6) is 0 Å². The molecule has 2 nitrogen and oxygen atoms in total. The summed E-state index contributed by atoms with van der Waals surface area (Å²) in [4.78, 5) is 5.21. The summed E-state index contributed by atoms with van der Waals surface area (Å²) in [5.41, 5.74) is 7.20. The van der Waals surface area contributed by atoms with E-state index in [1.807, 2.05) is 13.8 Å². The van der Waals surface area contributed by atoms with Gasteiger partial charge in [-0.1, -0.05) is 0 Å². The summed E-state index contributed by atoms with van der Waals surface area (Å²) in [6.45, 7) is 3.78. The second kappa shape index (κ2) is 5.12. The highest BCUT2D eigenvalue weighted by molar-refractivity contribution is 7.11. The molecule has 1 aromatic heterocycles. The Bertz CT molecular complexity index is 566. The fourth-order valence-electron chi connectivity index (χ4n) is 1.92. The van der Waals surface area contributed by atoms with E-state index in [1.54, 1.807) is 0 Å². The Balaban J connectivity index is 2.23. The van der Waals surface area contributed by atoms with Gasteiger partial charge in [-0.2, -0.15) is 0 Å². The zero-order valence-corrected chi connectivity index (χ0v) is 11.0. The van der Waals surface area contributed by atoms with Crippen molar-refractivity contribution in [2.45, 2.75) is 26.3 Å². The lowest BCUT2D eigenvalue weighted by Crippen LogP contribution is -2.14. The second-order valence-corrected chi connectivity index (χ2v) is 5.46. The fraction of sp³-hybridized carbons (Fsp3) is 0.308. The summed E-state index contributed by atoms with van der Waals surface area (Å²) in [5, 5.41) is 0.928. The van der Waals surface area contributed by atoms with Crippen LogP contribution in [0.25, 0.3) is 0 Å². The minimum atomic E-state index is -0.448. The van der Waals surface area contributed by atoms with Crippen molar-refractivity contribution < 1.29 is 8.78 Å². The molecule has 1 atom stereocenters. The zero-order chi connectivity index (χ0) is 13.3. The normalized spacial score (nSPS) is 12.7. The molecule has 1 unspecified atom stereocenters. The van der Waals surface area contributed by atoms with Crippen LogP contribution < -0.4 is 5.73 Å². The van der Waals surface area contributed by atoms with Crippen molar-refractivity contribution in [3.63, 3.8) is 0 Å². The maximum Gasteiger partial charge on any atom is 0.126 e. The molecule has 0 bridgehead atoms. The largest absolute Gasteiger partial charge is 0.323 e. The van der Waals surface area contributed by atoms with Gasteiger partial charge in [0, 0.05) is 10.9 Å². The van der Waals surface area contributed by atoms with Crippen LogP contribution in [-0.4, -0.2) is 4.98 Å². The van der Waals surface area contributed by atoms with Crippen molar-refractivity contribution in [1.29, 1.82) is 0 Å². The fourth-order valence-corrected chi connectivity index (χ4v) is 2.85. The topological polar surface area (TPSA) is 38.9 Å². The predicted octanol–water partition coefficient (Wildman–Crippen LogP) is 3.28. The Morgan fingerprint density at radius 3 is 2.67 bits per heavy atom. The molecule has 0 aliphatic rings. The third kappa shape index (κ3) is 2.73. The molecule has 0 saturated heterocycles. The number of benzene rings is 1. The van der Waals surface area contributed by atoms with E-state index in [-0.39, 0.29) is 12.5 Å².